The summed E-state index contributed by atoms with van der Waals surface area (Å²) in [5.41, 5.74) is 6.62. The molecule has 2 unspecified atom stereocenters. The fraction of sp³-hybridized carbons (Fsp3) is 0.500. The van der Waals surface area contributed by atoms with Crippen LogP contribution in [0.3, 0.4) is 0 Å². The zero-order valence-corrected chi connectivity index (χ0v) is 10.9. The topological polar surface area (TPSA) is 89.6 Å². The van der Waals surface area contributed by atoms with Crippen LogP contribution < -0.4 is 10.5 Å². The molecule has 1 aliphatic heterocycles. The van der Waals surface area contributed by atoms with Crippen LogP contribution >= 0.6 is 0 Å². The van der Waals surface area contributed by atoms with E-state index in [9.17, 15) is 13.5 Å². The van der Waals surface area contributed by atoms with Crippen LogP contribution in [0.4, 0.5) is 0 Å². The van der Waals surface area contributed by atoms with E-state index in [1.54, 1.807) is 12.1 Å². The maximum atomic E-state index is 11.4. The van der Waals surface area contributed by atoms with Gasteiger partial charge in [0.15, 0.2) is 9.84 Å². The Morgan fingerprint density at radius 3 is 2.61 bits per heavy atom. The van der Waals surface area contributed by atoms with Crippen molar-refractivity contribution in [3.63, 3.8) is 0 Å². The number of benzene rings is 1. The Balaban J connectivity index is 2.20. The Labute approximate surface area is 106 Å². The molecule has 1 fully saturated rings. The van der Waals surface area contributed by atoms with Crippen molar-refractivity contribution in [2.75, 3.05) is 11.5 Å². The molecule has 0 aromatic heterocycles. The summed E-state index contributed by atoms with van der Waals surface area (Å²) < 4.78 is 28.4. The van der Waals surface area contributed by atoms with Gasteiger partial charge in [-0.25, -0.2) is 8.42 Å². The van der Waals surface area contributed by atoms with Crippen molar-refractivity contribution >= 4 is 9.84 Å². The third-order valence-electron chi connectivity index (χ3n) is 2.96. The molecule has 3 atom stereocenters. The number of rotatable bonds is 3. The second-order valence-corrected chi connectivity index (χ2v) is 6.78. The Bertz CT molecular complexity index is 527. The zero-order chi connectivity index (χ0) is 13.3. The second-order valence-electron chi connectivity index (χ2n) is 4.63. The van der Waals surface area contributed by atoms with E-state index in [4.69, 9.17) is 10.5 Å². The fourth-order valence-corrected chi connectivity index (χ4v) is 3.70. The highest BCUT2D eigenvalue weighted by molar-refractivity contribution is 7.91. The quantitative estimate of drug-likeness (QED) is 0.822. The Kier molecular flexibility index (Phi) is 3.61. The maximum absolute atomic E-state index is 11.4. The van der Waals surface area contributed by atoms with E-state index >= 15 is 0 Å². The smallest absolute Gasteiger partial charge is 0.156 e. The van der Waals surface area contributed by atoms with Gasteiger partial charge >= 0.3 is 0 Å². The van der Waals surface area contributed by atoms with Gasteiger partial charge in [0.2, 0.25) is 0 Å². The number of hydrogen-bond donors (Lipinski definition) is 2. The summed E-state index contributed by atoms with van der Waals surface area (Å²) >= 11 is 0. The van der Waals surface area contributed by atoms with Crippen molar-refractivity contribution in [3.8, 4) is 5.75 Å². The lowest BCUT2D eigenvalue weighted by Gasteiger charge is -2.19. The summed E-state index contributed by atoms with van der Waals surface area (Å²) in [4.78, 5) is 0. The number of nitrogens with two attached hydrogens (primary N) is 1. The van der Waals surface area contributed by atoms with Crippen molar-refractivity contribution in [3.05, 3.63) is 29.8 Å². The van der Waals surface area contributed by atoms with E-state index in [2.05, 4.69) is 0 Å². The summed E-state index contributed by atoms with van der Waals surface area (Å²) in [5.74, 6) is 0.146. The molecular weight excluding hydrogens is 254 g/mol. The molecule has 1 aromatic carbocycles. The van der Waals surface area contributed by atoms with Crippen LogP contribution in [0.2, 0.25) is 0 Å². The number of ether oxygens (including phenoxy) is 1. The molecule has 0 amide bonds. The molecule has 2 rings (SSSR count). The average molecular weight is 271 g/mol. The highest BCUT2D eigenvalue weighted by Crippen LogP contribution is 2.27. The van der Waals surface area contributed by atoms with Crippen LogP contribution in [-0.4, -0.2) is 37.2 Å². The normalized spacial score (nSPS) is 27.9. The number of para-hydroxylation sites is 1. The summed E-state index contributed by atoms with van der Waals surface area (Å²) in [5, 5.41) is 9.68. The number of hydrogen-bond acceptors (Lipinski definition) is 5. The van der Waals surface area contributed by atoms with Crippen LogP contribution in [0.15, 0.2) is 24.3 Å². The molecule has 1 heterocycles. The van der Waals surface area contributed by atoms with Crippen molar-refractivity contribution in [1.82, 2.24) is 0 Å². The van der Waals surface area contributed by atoms with Gasteiger partial charge in [0.25, 0.3) is 0 Å². The minimum Gasteiger partial charge on any atom is -0.486 e. The standard InChI is InChI=1S/C12H17NO4S/c1-8(13)9-4-2-3-5-11(9)17-12-7-18(15,16)6-10(12)14/h2-5,8,10,12,14H,6-7,13H2,1H3/t8-,10?,12?/m1/s1. The van der Waals surface area contributed by atoms with Gasteiger partial charge in [-0.05, 0) is 13.0 Å². The first-order valence-corrected chi connectivity index (χ1v) is 7.61. The summed E-state index contributed by atoms with van der Waals surface area (Å²) in [6.45, 7) is 1.82. The summed E-state index contributed by atoms with van der Waals surface area (Å²) in [7, 11) is -3.20. The molecule has 1 aromatic rings. The van der Waals surface area contributed by atoms with Crippen LogP contribution in [-0.2, 0) is 9.84 Å². The molecule has 0 aliphatic carbocycles. The molecule has 5 nitrogen and oxygen atoms in total. The Morgan fingerprint density at radius 1 is 1.39 bits per heavy atom. The van der Waals surface area contributed by atoms with Gasteiger partial charge in [0, 0.05) is 11.6 Å². The van der Waals surface area contributed by atoms with Gasteiger partial charge in [-0.2, -0.15) is 0 Å². The van der Waals surface area contributed by atoms with E-state index in [-0.39, 0.29) is 17.5 Å². The summed E-state index contributed by atoms with van der Waals surface area (Å²) in [6, 6.07) is 6.98. The average Bonchev–Trinajstić information content (AvgIpc) is 2.52. The lowest BCUT2D eigenvalue weighted by atomic mass is 10.1. The predicted octanol–water partition coefficient (Wildman–Crippen LogP) is 0.243. The number of aliphatic hydroxyl groups excluding tert-OH is 1. The molecule has 0 spiro atoms. The minimum atomic E-state index is -3.20. The largest absolute Gasteiger partial charge is 0.486 e. The molecule has 3 N–H and O–H groups in total. The van der Waals surface area contributed by atoms with E-state index in [1.807, 2.05) is 19.1 Å². The maximum Gasteiger partial charge on any atom is 0.156 e. The van der Waals surface area contributed by atoms with Gasteiger partial charge < -0.3 is 15.6 Å². The molecule has 1 aliphatic rings. The first-order valence-electron chi connectivity index (χ1n) is 5.79. The van der Waals surface area contributed by atoms with Crippen LogP contribution in [0, 0.1) is 0 Å². The lowest BCUT2D eigenvalue weighted by Crippen LogP contribution is -2.30. The first-order chi connectivity index (χ1) is 8.39. The van der Waals surface area contributed by atoms with Gasteiger partial charge in [-0.1, -0.05) is 18.2 Å². The molecule has 6 heteroatoms. The van der Waals surface area contributed by atoms with Gasteiger partial charge in [-0.15, -0.1) is 0 Å². The lowest BCUT2D eigenvalue weighted by molar-refractivity contribution is 0.0729. The predicted molar refractivity (Wildman–Crippen MR) is 68.1 cm³/mol. The molecule has 0 radical (unpaired) electrons. The number of aliphatic hydroxyl groups is 1. The summed E-state index contributed by atoms with van der Waals surface area (Å²) in [6.07, 6.45) is -1.69. The van der Waals surface area contributed by atoms with Crippen LogP contribution in [0.1, 0.15) is 18.5 Å². The Morgan fingerprint density at radius 2 is 2.06 bits per heavy atom. The molecule has 0 saturated carbocycles. The van der Waals surface area contributed by atoms with Gasteiger partial charge in [-0.3, -0.25) is 0 Å². The molecule has 18 heavy (non-hydrogen) atoms. The van der Waals surface area contributed by atoms with Crippen LogP contribution in [0.5, 0.6) is 5.75 Å². The zero-order valence-electron chi connectivity index (χ0n) is 10.1. The van der Waals surface area contributed by atoms with E-state index in [1.165, 1.54) is 0 Å². The van der Waals surface area contributed by atoms with E-state index in [0.717, 1.165) is 5.56 Å². The van der Waals surface area contributed by atoms with Crippen molar-refractivity contribution in [2.45, 2.75) is 25.2 Å². The van der Waals surface area contributed by atoms with E-state index in [0.29, 0.717) is 5.75 Å². The second kappa shape index (κ2) is 4.87. The number of sulfone groups is 1. The van der Waals surface area contributed by atoms with Crippen molar-refractivity contribution < 1.29 is 18.3 Å². The minimum absolute atomic E-state index is 0.151. The highest BCUT2D eigenvalue weighted by atomic mass is 32.2. The fourth-order valence-electron chi connectivity index (χ4n) is 2.04. The molecule has 100 valence electrons. The molecule has 1 saturated heterocycles. The Hall–Kier alpha value is -1.11. The highest BCUT2D eigenvalue weighted by Gasteiger charge is 2.38. The van der Waals surface area contributed by atoms with Gasteiger partial charge in [0.1, 0.15) is 18.0 Å². The molecular formula is C12H17NO4S. The first kappa shape index (κ1) is 13.3. The van der Waals surface area contributed by atoms with Crippen molar-refractivity contribution in [2.24, 2.45) is 5.73 Å². The monoisotopic (exact) mass is 271 g/mol. The third-order valence-corrected chi connectivity index (χ3v) is 4.65. The van der Waals surface area contributed by atoms with E-state index < -0.39 is 22.0 Å². The van der Waals surface area contributed by atoms with Crippen molar-refractivity contribution in [1.29, 1.82) is 0 Å². The van der Waals surface area contributed by atoms with Crippen LogP contribution in [0.25, 0.3) is 0 Å². The third kappa shape index (κ3) is 2.82. The van der Waals surface area contributed by atoms with Gasteiger partial charge in [0.05, 0.1) is 11.5 Å². The SMILES string of the molecule is C[C@@H](N)c1ccccc1OC1CS(=O)(=O)CC1O. The molecule has 0 bridgehead atoms.